The zero-order chi connectivity index (χ0) is 37.0. The molecule has 0 radical (unpaired) electrons. The molecule has 0 spiro atoms. The smallest absolute Gasteiger partial charge is 0.180 e. The number of nitrogens with zero attached hydrogens (tertiary/aromatic N) is 5. The van der Waals surface area contributed by atoms with Crippen molar-refractivity contribution in [3.05, 3.63) is 176 Å². The van der Waals surface area contributed by atoms with Crippen molar-refractivity contribution in [3.63, 3.8) is 0 Å². The Hall–Kier alpha value is -7.35. The second kappa shape index (κ2) is 13.2. The molecule has 56 heavy (non-hydrogen) atoms. The molecule has 0 aliphatic rings. The Morgan fingerprint density at radius 3 is 1.66 bits per heavy atom. The van der Waals surface area contributed by atoms with Crippen molar-refractivity contribution >= 4 is 53.6 Å². The molecule has 0 unspecified atom stereocenters. The van der Waals surface area contributed by atoms with E-state index in [0.717, 1.165) is 81.3 Å². The van der Waals surface area contributed by atoms with Gasteiger partial charge in [0.25, 0.3) is 0 Å². The summed E-state index contributed by atoms with van der Waals surface area (Å²) in [6, 6.07) is 60.0. The van der Waals surface area contributed by atoms with Crippen LogP contribution in [0.1, 0.15) is 0 Å². The summed E-state index contributed by atoms with van der Waals surface area (Å²) in [6.07, 6.45) is 0. The lowest BCUT2D eigenvalue weighted by atomic mass is 10.0. The van der Waals surface area contributed by atoms with Gasteiger partial charge >= 0.3 is 0 Å². The quantitative estimate of drug-likeness (QED) is 0.169. The second-order valence-corrected chi connectivity index (χ2v) is 14.7. The highest BCUT2D eigenvalue weighted by molar-refractivity contribution is 7.26. The van der Waals surface area contributed by atoms with Crippen LogP contribution in [0.4, 0.5) is 0 Å². The van der Waals surface area contributed by atoms with Crippen LogP contribution in [0.5, 0.6) is 0 Å². The normalized spacial score (nSPS) is 11.6. The number of aromatic nitrogens is 5. The van der Waals surface area contributed by atoms with Gasteiger partial charge in [-0.3, -0.25) is 0 Å². The molecule has 0 atom stereocenters. The molecule has 262 valence electrons. The highest BCUT2D eigenvalue weighted by atomic mass is 32.1. The van der Waals surface area contributed by atoms with E-state index in [1.807, 2.05) is 84.9 Å². The lowest BCUT2D eigenvalue weighted by Gasteiger charge is -2.10. The van der Waals surface area contributed by atoms with Crippen molar-refractivity contribution in [1.82, 2.24) is 24.9 Å². The monoisotopic (exact) mass is 735 g/mol. The van der Waals surface area contributed by atoms with Gasteiger partial charge in [0.2, 0.25) is 0 Å². The third-order valence-electron chi connectivity index (χ3n) is 10.2. The fourth-order valence-electron chi connectivity index (χ4n) is 7.45. The average Bonchev–Trinajstić information content (AvgIpc) is 3.85. The van der Waals surface area contributed by atoms with E-state index in [1.165, 1.54) is 0 Å². The van der Waals surface area contributed by atoms with Gasteiger partial charge in [0.15, 0.2) is 28.9 Å². The number of fused-ring (bicyclic) bond motifs is 6. The molecule has 11 aromatic rings. The minimum atomic E-state index is 0.622. The molecule has 6 nitrogen and oxygen atoms in total. The molecule has 0 N–H and O–H groups in total. The second-order valence-electron chi connectivity index (χ2n) is 13.6. The number of furan rings is 1. The van der Waals surface area contributed by atoms with Gasteiger partial charge in [0.1, 0.15) is 16.8 Å². The maximum atomic E-state index is 6.46. The maximum absolute atomic E-state index is 6.46. The summed E-state index contributed by atoms with van der Waals surface area (Å²) in [6.45, 7) is 0. The molecular formula is C49H29N5OS. The third kappa shape index (κ3) is 5.52. The van der Waals surface area contributed by atoms with Crippen LogP contribution in [0.2, 0.25) is 0 Å². The first-order valence-corrected chi connectivity index (χ1v) is 19.2. The van der Waals surface area contributed by atoms with Gasteiger partial charge in [0.05, 0.1) is 0 Å². The van der Waals surface area contributed by atoms with E-state index in [1.54, 1.807) is 11.3 Å². The molecule has 0 amide bonds. The lowest BCUT2D eigenvalue weighted by Crippen LogP contribution is -2.00. The Bertz CT molecular complexity index is 3180. The van der Waals surface area contributed by atoms with E-state index in [2.05, 4.69) is 91.0 Å². The highest BCUT2D eigenvalue weighted by Crippen LogP contribution is 2.42. The van der Waals surface area contributed by atoms with Crippen molar-refractivity contribution in [2.24, 2.45) is 0 Å². The van der Waals surface area contributed by atoms with Crippen molar-refractivity contribution in [2.45, 2.75) is 0 Å². The predicted octanol–water partition coefficient (Wildman–Crippen LogP) is 12.9. The number of thiophene rings is 1. The standard InChI is InChI=1S/C49H29N5OS/c1-4-13-30(14-5-1)31-23-25-32(26-24-31)43-45-44(36-19-10-11-21-39(36)55-45)51-48(50-43)35-27-28-40-38(29-35)42-37(20-12-22-41(42)56-40)49-53-46(33-15-6-2-7-16-33)52-47(54-49)34-17-8-3-9-18-34/h1-29H. The van der Waals surface area contributed by atoms with Crippen LogP contribution in [0.15, 0.2) is 180 Å². The van der Waals surface area contributed by atoms with E-state index in [0.29, 0.717) is 28.9 Å². The summed E-state index contributed by atoms with van der Waals surface area (Å²) in [5.74, 6) is 2.51. The van der Waals surface area contributed by atoms with Crippen molar-refractivity contribution in [3.8, 4) is 67.9 Å². The molecule has 7 heteroatoms. The van der Waals surface area contributed by atoms with E-state index < -0.39 is 0 Å². The molecule has 7 aromatic carbocycles. The molecule has 0 aliphatic heterocycles. The van der Waals surface area contributed by atoms with Crippen LogP contribution in [0, 0.1) is 0 Å². The van der Waals surface area contributed by atoms with Crippen molar-refractivity contribution in [2.75, 3.05) is 0 Å². The highest BCUT2D eigenvalue weighted by Gasteiger charge is 2.21. The summed E-state index contributed by atoms with van der Waals surface area (Å²) in [4.78, 5) is 25.6. The Balaban J connectivity index is 1.10. The SMILES string of the molecule is c1ccc(-c2ccc(-c3nc(-c4ccc5sc6cccc(-c7nc(-c8ccccc8)nc(-c8ccccc8)n7)c6c5c4)nc4c3oc3ccccc34)cc2)cc1. The number of hydrogen-bond acceptors (Lipinski definition) is 7. The van der Waals surface area contributed by atoms with Gasteiger partial charge in [-0.2, -0.15) is 0 Å². The minimum absolute atomic E-state index is 0.622. The topological polar surface area (TPSA) is 77.6 Å². The number of rotatable bonds is 6. The Morgan fingerprint density at radius 1 is 0.375 bits per heavy atom. The van der Waals surface area contributed by atoms with Crippen LogP contribution in [0.3, 0.4) is 0 Å². The molecule has 0 aliphatic carbocycles. The van der Waals surface area contributed by atoms with Crippen molar-refractivity contribution < 1.29 is 4.42 Å². The number of para-hydroxylation sites is 1. The summed E-state index contributed by atoms with van der Waals surface area (Å²) >= 11 is 1.75. The molecule has 11 rings (SSSR count). The van der Waals surface area contributed by atoms with E-state index in [-0.39, 0.29) is 0 Å². The molecule has 0 bridgehead atoms. The fraction of sp³-hybridized carbons (Fsp3) is 0. The zero-order valence-corrected chi connectivity index (χ0v) is 30.6. The largest absolute Gasteiger partial charge is 0.452 e. The fourth-order valence-corrected chi connectivity index (χ4v) is 8.56. The number of hydrogen-bond donors (Lipinski definition) is 0. The van der Waals surface area contributed by atoms with Crippen molar-refractivity contribution in [1.29, 1.82) is 0 Å². The summed E-state index contributed by atoms with van der Waals surface area (Å²) in [7, 11) is 0. The minimum Gasteiger partial charge on any atom is -0.452 e. The third-order valence-corrected chi connectivity index (χ3v) is 11.3. The first-order valence-electron chi connectivity index (χ1n) is 18.4. The maximum Gasteiger partial charge on any atom is 0.180 e. The summed E-state index contributed by atoms with van der Waals surface area (Å²) < 4.78 is 8.77. The Morgan fingerprint density at radius 2 is 0.946 bits per heavy atom. The van der Waals surface area contributed by atoms with Crippen LogP contribution in [-0.2, 0) is 0 Å². The Labute approximate surface area is 325 Å². The van der Waals surface area contributed by atoms with E-state index in [9.17, 15) is 0 Å². The first kappa shape index (κ1) is 32.1. The van der Waals surface area contributed by atoms with Gasteiger partial charge < -0.3 is 4.42 Å². The molecule has 0 saturated carbocycles. The van der Waals surface area contributed by atoms with Gasteiger partial charge in [-0.15, -0.1) is 11.3 Å². The van der Waals surface area contributed by atoms with Gasteiger partial charge in [-0.25, -0.2) is 24.9 Å². The molecule has 0 saturated heterocycles. The lowest BCUT2D eigenvalue weighted by molar-refractivity contribution is 0.667. The molecule has 0 fully saturated rings. The Kier molecular flexibility index (Phi) is 7.57. The van der Waals surface area contributed by atoms with Gasteiger partial charge in [-0.05, 0) is 47.5 Å². The van der Waals surface area contributed by atoms with Crippen LogP contribution in [0.25, 0.3) is 110 Å². The average molecular weight is 736 g/mol. The number of benzene rings is 7. The van der Waals surface area contributed by atoms with E-state index in [4.69, 9.17) is 29.3 Å². The van der Waals surface area contributed by atoms with Gasteiger partial charge in [-0.1, -0.05) is 140 Å². The van der Waals surface area contributed by atoms with E-state index >= 15 is 0 Å². The summed E-state index contributed by atoms with van der Waals surface area (Å²) in [5.41, 5.74) is 9.97. The molecule has 4 heterocycles. The van der Waals surface area contributed by atoms with Crippen LogP contribution >= 0.6 is 11.3 Å². The van der Waals surface area contributed by atoms with Crippen LogP contribution in [-0.4, -0.2) is 24.9 Å². The summed E-state index contributed by atoms with van der Waals surface area (Å²) in [5, 5.41) is 3.14. The first-order chi connectivity index (χ1) is 27.7. The molecule has 4 aromatic heterocycles. The van der Waals surface area contributed by atoms with Gasteiger partial charge in [0, 0.05) is 53.4 Å². The molecular weight excluding hydrogens is 707 g/mol. The predicted molar refractivity (Wildman–Crippen MR) is 228 cm³/mol. The zero-order valence-electron chi connectivity index (χ0n) is 29.8. The van der Waals surface area contributed by atoms with Crippen LogP contribution < -0.4 is 0 Å².